The van der Waals surface area contributed by atoms with E-state index < -0.39 is 0 Å². The van der Waals surface area contributed by atoms with Crippen LogP contribution in [0, 0.1) is 11.8 Å². The van der Waals surface area contributed by atoms with Crippen molar-refractivity contribution < 1.29 is 9.59 Å². The Morgan fingerprint density at radius 2 is 1.58 bits per heavy atom. The topological polar surface area (TPSA) is 40.6 Å². The molecule has 0 bridgehead atoms. The molecule has 0 aromatic heterocycles. The lowest BCUT2D eigenvalue weighted by molar-refractivity contribution is -0.141. The molecule has 4 nitrogen and oxygen atoms in total. The highest BCUT2D eigenvalue weighted by Crippen LogP contribution is 2.25. The molecule has 0 N–H and O–H groups in total. The lowest BCUT2D eigenvalue weighted by Gasteiger charge is -2.36. The Kier molecular flexibility index (Phi) is 6.46. The van der Waals surface area contributed by atoms with Crippen LogP contribution in [0.3, 0.4) is 0 Å². The first kappa shape index (κ1) is 19.5. The van der Waals surface area contributed by atoms with Crippen molar-refractivity contribution >= 4 is 35.0 Å². The Balaban J connectivity index is 1.49. The number of rotatable bonds is 3. The summed E-state index contributed by atoms with van der Waals surface area (Å²) in [6.45, 7) is 5.33. The lowest BCUT2D eigenvalue weighted by Crippen LogP contribution is -2.46. The Morgan fingerprint density at radius 3 is 2.19 bits per heavy atom. The molecule has 0 aliphatic carbocycles. The number of piperidine rings is 2. The predicted molar refractivity (Wildman–Crippen MR) is 104 cm³/mol. The van der Waals surface area contributed by atoms with Crippen molar-refractivity contribution in [3.8, 4) is 0 Å². The van der Waals surface area contributed by atoms with Crippen molar-refractivity contribution in [1.29, 1.82) is 0 Å². The molecule has 2 saturated heterocycles. The minimum absolute atomic E-state index is 0.0671. The third-order valence-corrected chi connectivity index (χ3v) is 6.37. The molecule has 1 aromatic rings. The molecule has 0 spiro atoms. The van der Waals surface area contributed by atoms with Crippen LogP contribution in [0.25, 0.3) is 0 Å². The quantitative estimate of drug-likeness (QED) is 0.773. The van der Waals surface area contributed by atoms with Gasteiger partial charge in [-0.2, -0.15) is 0 Å². The van der Waals surface area contributed by atoms with Crippen LogP contribution in [0.5, 0.6) is 0 Å². The van der Waals surface area contributed by atoms with Crippen LogP contribution in [0.1, 0.15) is 38.2 Å². The summed E-state index contributed by atoms with van der Waals surface area (Å²) in [4.78, 5) is 29.1. The summed E-state index contributed by atoms with van der Waals surface area (Å²) >= 11 is 11.9. The molecule has 2 aliphatic rings. The number of halogens is 2. The van der Waals surface area contributed by atoms with Gasteiger partial charge in [-0.05, 0) is 49.3 Å². The molecule has 26 heavy (non-hydrogen) atoms. The fraction of sp³-hybridized carbons (Fsp3) is 0.600. The molecule has 2 heterocycles. The first-order chi connectivity index (χ1) is 12.4. The van der Waals surface area contributed by atoms with Gasteiger partial charge in [0.1, 0.15) is 0 Å². The summed E-state index contributed by atoms with van der Waals surface area (Å²) in [6.07, 6.45) is 4.05. The van der Waals surface area contributed by atoms with Crippen molar-refractivity contribution in [2.45, 2.75) is 39.0 Å². The molecular weight excluding hydrogens is 371 g/mol. The summed E-state index contributed by atoms with van der Waals surface area (Å²) in [7, 11) is 0. The first-order valence-electron chi connectivity index (χ1n) is 9.44. The molecule has 0 radical (unpaired) electrons. The van der Waals surface area contributed by atoms with Crippen LogP contribution in [-0.4, -0.2) is 47.8 Å². The largest absolute Gasteiger partial charge is 0.342 e. The minimum Gasteiger partial charge on any atom is -0.342 e. The smallest absolute Gasteiger partial charge is 0.226 e. The monoisotopic (exact) mass is 396 g/mol. The van der Waals surface area contributed by atoms with Gasteiger partial charge in [0, 0.05) is 32.1 Å². The van der Waals surface area contributed by atoms with Gasteiger partial charge in [-0.3, -0.25) is 9.59 Å². The van der Waals surface area contributed by atoms with Crippen molar-refractivity contribution in [2.75, 3.05) is 26.2 Å². The molecule has 2 fully saturated rings. The van der Waals surface area contributed by atoms with Gasteiger partial charge in [-0.15, -0.1) is 0 Å². The van der Waals surface area contributed by atoms with Crippen molar-refractivity contribution in [3.05, 3.63) is 33.8 Å². The number of nitrogens with zero attached hydrogens (tertiary/aromatic N) is 2. The molecule has 1 aromatic carbocycles. The van der Waals surface area contributed by atoms with Crippen LogP contribution >= 0.6 is 23.2 Å². The van der Waals surface area contributed by atoms with Gasteiger partial charge in [0.25, 0.3) is 0 Å². The number of amides is 2. The van der Waals surface area contributed by atoms with Crippen LogP contribution < -0.4 is 0 Å². The SMILES string of the molecule is CC1CCN(C(=O)C2CCN(C(=O)Cc3ccc(Cl)c(Cl)c3)CC2)CC1. The summed E-state index contributed by atoms with van der Waals surface area (Å²) in [6, 6.07) is 5.30. The van der Waals surface area contributed by atoms with E-state index in [9.17, 15) is 9.59 Å². The van der Waals surface area contributed by atoms with E-state index in [0.29, 0.717) is 29.6 Å². The number of hydrogen-bond donors (Lipinski definition) is 0. The van der Waals surface area contributed by atoms with Crippen LogP contribution in [0.4, 0.5) is 0 Å². The molecule has 3 rings (SSSR count). The van der Waals surface area contributed by atoms with E-state index in [0.717, 1.165) is 50.3 Å². The van der Waals surface area contributed by atoms with Gasteiger partial charge < -0.3 is 9.80 Å². The van der Waals surface area contributed by atoms with Crippen LogP contribution in [0.2, 0.25) is 10.0 Å². The van der Waals surface area contributed by atoms with Gasteiger partial charge in [0.15, 0.2) is 0 Å². The standard InChI is InChI=1S/C20H26Cl2N2O2/c1-14-4-8-24(9-5-14)20(26)16-6-10-23(11-7-16)19(25)13-15-2-3-17(21)18(22)12-15/h2-3,12,14,16H,4-11,13H2,1H3. The maximum atomic E-state index is 12.7. The summed E-state index contributed by atoms with van der Waals surface area (Å²) in [5, 5.41) is 0.964. The third kappa shape index (κ3) is 4.72. The highest BCUT2D eigenvalue weighted by Gasteiger charge is 2.31. The van der Waals surface area contributed by atoms with Crippen LogP contribution in [-0.2, 0) is 16.0 Å². The van der Waals surface area contributed by atoms with Gasteiger partial charge in [0.05, 0.1) is 16.5 Å². The zero-order chi connectivity index (χ0) is 18.7. The molecule has 2 amide bonds. The Morgan fingerprint density at radius 1 is 0.962 bits per heavy atom. The van der Waals surface area contributed by atoms with Crippen LogP contribution in [0.15, 0.2) is 18.2 Å². The fourth-order valence-electron chi connectivity index (χ4n) is 3.80. The number of likely N-dealkylation sites (tertiary alicyclic amines) is 2. The second kappa shape index (κ2) is 8.62. The molecule has 2 aliphatic heterocycles. The normalized spacial score (nSPS) is 19.7. The first-order valence-corrected chi connectivity index (χ1v) is 10.2. The van der Waals surface area contributed by atoms with E-state index in [1.807, 2.05) is 15.9 Å². The molecule has 0 saturated carbocycles. The molecule has 142 valence electrons. The second-order valence-corrected chi connectivity index (χ2v) is 8.40. The Bertz CT molecular complexity index is 664. The molecular formula is C20H26Cl2N2O2. The summed E-state index contributed by atoms with van der Waals surface area (Å²) in [5.74, 6) is 1.16. The fourth-order valence-corrected chi connectivity index (χ4v) is 4.12. The zero-order valence-electron chi connectivity index (χ0n) is 15.2. The van der Waals surface area contributed by atoms with Gasteiger partial charge >= 0.3 is 0 Å². The van der Waals surface area contributed by atoms with Crippen molar-refractivity contribution in [2.24, 2.45) is 11.8 Å². The maximum Gasteiger partial charge on any atom is 0.226 e. The highest BCUT2D eigenvalue weighted by molar-refractivity contribution is 6.42. The van der Waals surface area contributed by atoms with Crippen molar-refractivity contribution in [1.82, 2.24) is 9.80 Å². The number of carbonyl (C=O) groups is 2. The average Bonchev–Trinajstić information content (AvgIpc) is 2.65. The highest BCUT2D eigenvalue weighted by atomic mass is 35.5. The van der Waals surface area contributed by atoms with E-state index in [2.05, 4.69) is 6.92 Å². The number of benzene rings is 1. The third-order valence-electron chi connectivity index (χ3n) is 5.63. The molecule has 0 unspecified atom stereocenters. The minimum atomic E-state index is 0.0671. The van der Waals surface area contributed by atoms with E-state index in [-0.39, 0.29) is 17.7 Å². The Hall–Kier alpha value is -1.26. The average molecular weight is 397 g/mol. The second-order valence-electron chi connectivity index (χ2n) is 7.59. The van der Waals surface area contributed by atoms with E-state index >= 15 is 0 Å². The van der Waals surface area contributed by atoms with Gasteiger partial charge in [-0.25, -0.2) is 0 Å². The summed E-state index contributed by atoms with van der Waals surface area (Å²) < 4.78 is 0. The van der Waals surface area contributed by atoms with E-state index in [1.165, 1.54) is 0 Å². The van der Waals surface area contributed by atoms with E-state index in [1.54, 1.807) is 12.1 Å². The maximum absolute atomic E-state index is 12.7. The number of carbonyl (C=O) groups excluding carboxylic acids is 2. The Labute approximate surface area is 165 Å². The van der Waals surface area contributed by atoms with E-state index in [4.69, 9.17) is 23.2 Å². The predicted octanol–water partition coefficient (Wildman–Crippen LogP) is 4.03. The van der Waals surface area contributed by atoms with Gasteiger partial charge in [0.2, 0.25) is 11.8 Å². The lowest BCUT2D eigenvalue weighted by atomic mass is 9.92. The van der Waals surface area contributed by atoms with Gasteiger partial charge in [-0.1, -0.05) is 36.2 Å². The zero-order valence-corrected chi connectivity index (χ0v) is 16.7. The molecule has 6 heteroatoms. The molecule has 0 atom stereocenters. The number of hydrogen-bond acceptors (Lipinski definition) is 2. The summed E-state index contributed by atoms with van der Waals surface area (Å²) in [5.41, 5.74) is 0.866. The van der Waals surface area contributed by atoms with Crippen molar-refractivity contribution in [3.63, 3.8) is 0 Å².